The van der Waals surface area contributed by atoms with Gasteiger partial charge in [0.15, 0.2) is 5.79 Å². The lowest BCUT2D eigenvalue weighted by Gasteiger charge is -2.17. The zero-order valence-corrected chi connectivity index (χ0v) is 11.0. The summed E-state index contributed by atoms with van der Waals surface area (Å²) in [5.74, 6) is -0.0537. The molecule has 96 valence electrons. The maximum absolute atomic E-state index is 8.86. The Morgan fingerprint density at radius 1 is 1.67 bits per heavy atom. The number of nitrogens with one attached hydrogen (secondary N) is 1. The van der Waals surface area contributed by atoms with Crippen LogP contribution in [0.3, 0.4) is 0 Å². The van der Waals surface area contributed by atoms with Crippen LogP contribution in [0.5, 0.6) is 0 Å². The van der Waals surface area contributed by atoms with Gasteiger partial charge in [-0.25, -0.2) is 4.98 Å². The first-order chi connectivity index (χ1) is 8.52. The zero-order chi connectivity index (χ0) is 13.2. The molecule has 1 aromatic heterocycles. The summed E-state index contributed by atoms with van der Waals surface area (Å²) in [6.45, 7) is 4.80. The lowest BCUT2D eigenvalue weighted by molar-refractivity contribution is -0.136. The quantitative estimate of drug-likeness (QED) is 0.909. The third-order valence-electron chi connectivity index (χ3n) is 2.57. The van der Waals surface area contributed by atoms with Gasteiger partial charge in [0, 0.05) is 12.7 Å². The number of hydrogen-bond acceptors (Lipinski definition) is 5. The Balaban J connectivity index is 1.98. The van der Waals surface area contributed by atoms with E-state index in [1.807, 2.05) is 19.9 Å². The molecule has 1 unspecified atom stereocenters. The highest BCUT2D eigenvalue weighted by atomic mass is 35.5. The molecule has 0 aromatic carbocycles. The number of hydrogen-bond donors (Lipinski definition) is 1. The number of ether oxygens (including phenoxy) is 2. The van der Waals surface area contributed by atoms with Gasteiger partial charge in [-0.2, -0.15) is 5.26 Å². The first-order valence-corrected chi connectivity index (χ1v) is 6.00. The van der Waals surface area contributed by atoms with E-state index in [-0.39, 0.29) is 6.10 Å². The maximum Gasteiger partial charge on any atom is 0.163 e. The lowest BCUT2D eigenvalue weighted by Crippen LogP contribution is -2.26. The number of nitrogens with zero attached hydrogens (tertiary/aromatic N) is 2. The molecule has 6 heteroatoms. The largest absolute Gasteiger partial charge is 0.366 e. The normalized spacial score (nSPS) is 21.6. The van der Waals surface area contributed by atoms with E-state index < -0.39 is 5.79 Å². The fourth-order valence-corrected chi connectivity index (χ4v) is 1.95. The molecule has 1 aliphatic heterocycles. The second-order valence-corrected chi connectivity index (χ2v) is 4.84. The van der Waals surface area contributed by atoms with Gasteiger partial charge in [0.1, 0.15) is 23.0 Å². The molecule has 2 rings (SSSR count). The van der Waals surface area contributed by atoms with Crippen LogP contribution in [-0.2, 0) is 9.47 Å². The molecule has 0 amide bonds. The topological polar surface area (TPSA) is 67.2 Å². The molecule has 1 atom stereocenters. The van der Waals surface area contributed by atoms with Crippen LogP contribution in [0.4, 0.5) is 5.82 Å². The maximum atomic E-state index is 8.86. The van der Waals surface area contributed by atoms with Gasteiger partial charge >= 0.3 is 0 Å². The van der Waals surface area contributed by atoms with Crippen molar-refractivity contribution in [1.82, 2.24) is 4.98 Å². The van der Waals surface area contributed by atoms with Gasteiger partial charge in [-0.3, -0.25) is 0 Å². The summed E-state index contributed by atoms with van der Waals surface area (Å²) < 4.78 is 11.1. The zero-order valence-electron chi connectivity index (χ0n) is 10.2. The van der Waals surface area contributed by atoms with Crippen molar-refractivity contribution in [3.8, 4) is 6.07 Å². The van der Waals surface area contributed by atoms with Crippen LogP contribution in [0.1, 0.15) is 19.4 Å². The first-order valence-electron chi connectivity index (χ1n) is 5.62. The minimum Gasteiger partial charge on any atom is -0.366 e. The monoisotopic (exact) mass is 267 g/mol. The van der Waals surface area contributed by atoms with Crippen molar-refractivity contribution in [2.24, 2.45) is 0 Å². The minimum atomic E-state index is -0.544. The van der Waals surface area contributed by atoms with Crippen molar-refractivity contribution >= 4 is 17.4 Å². The summed E-state index contributed by atoms with van der Waals surface area (Å²) >= 11 is 6.03. The minimum absolute atomic E-state index is 0.0522. The van der Waals surface area contributed by atoms with Gasteiger partial charge in [-0.05, 0) is 19.9 Å². The molecule has 1 aromatic rings. The van der Waals surface area contributed by atoms with Crippen LogP contribution in [0.25, 0.3) is 0 Å². The highest BCUT2D eigenvalue weighted by molar-refractivity contribution is 6.34. The number of nitriles is 1. The molecular weight excluding hydrogens is 254 g/mol. The fraction of sp³-hybridized carbons (Fsp3) is 0.500. The first kappa shape index (κ1) is 13.1. The van der Waals surface area contributed by atoms with Crippen molar-refractivity contribution in [2.75, 3.05) is 18.5 Å². The van der Waals surface area contributed by atoms with Crippen molar-refractivity contribution in [3.05, 3.63) is 22.8 Å². The van der Waals surface area contributed by atoms with Crippen LogP contribution in [0.2, 0.25) is 5.02 Å². The summed E-state index contributed by atoms with van der Waals surface area (Å²) in [6, 6.07) is 3.58. The third kappa shape index (κ3) is 2.91. The van der Waals surface area contributed by atoms with Crippen LogP contribution >= 0.6 is 11.6 Å². The van der Waals surface area contributed by atoms with Gasteiger partial charge in [0.25, 0.3) is 0 Å². The molecule has 5 nitrogen and oxygen atoms in total. The predicted octanol–water partition coefficient (Wildman–Crippen LogP) is 2.17. The molecule has 18 heavy (non-hydrogen) atoms. The number of rotatable bonds is 3. The molecule has 2 heterocycles. The average Bonchev–Trinajstić information content (AvgIpc) is 2.68. The van der Waals surface area contributed by atoms with E-state index in [0.29, 0.717) is 29.6 Å². The Morgan fingerprint density at radius 2 is 2.44 bits per heavy atom. The number of anilines is 1. The van der Waals surface area contributed by atoms with Gasteiger partial charge in [0.2, 0.25) is 0 Å². The Morgan fingerprint density at radius 3 is 3.06 bits per heavy atom. The van der Waals surface area contributed by atoms with Crippen LogP contribution < -0.4 is 5.32 Å². The molecular formula is C12H14ClN3O2. The predicted molar refractivity (Wildman–Crippen MR) is 67.4 cm³/mol. The Kier molecular flexibility index (Phi) is 3.71. The molecule has 1 saturated heterocycles. The van der Waals surface area contributed by atoms with E-state index in [2.05, 4.69) is 10.3 Å². The molecule has 1 N–H and O–H groups in total. The van der Waals surface area contributed by atoms with Gasteiger partial charge in [-0.15, -0.1) is 0 Å². The highest BCUT2D eigenvalue weighted by Gasteiger charge is 2.32. The van der Waals surface area contributed by atoms with Crippen LogP contribution in [-0.4, -0.2) is 30.0 Å². The SMILES string of the molecule is CC1(C)OCC(CNc2nccc(C#N)c2Cl)O1. The van der Waals surface area contributed by atoms with E-state index >= 15 is 0 Å². The van der Waals surface area contributed by atoms with E-state index in [4.69, 9.17) is 26.3 Å². The second kappa shape index (κ2) is 5.11. The Hall–Kier alpha value is -1.35. The molecule has 1 aliphatic rings. The van der Waals surface area contributed by atoms with Crippen LogP contribution in [0, 0.1) is 11.3 Å². The molecule has 0 bridgehead atoms. The molecule has 0 radical (unpaired) electrons. The van der Waals surface area contributed by atoms with Crippen molar-refractivity contribution in [1.29, 1.82) is 5.26 Å². The van der Waals surface area contributed by atoms with E-state index in [1.165, 1.54) is 0 Å². The van der Waals surface area contributed by atoms with E-state index in [1.54, 1.807) is 12.3 Å². The van der Waals surface area contributed by atoms with Crippen molar-refractivity contribution < 1.29 is 9.47 Å². The summed E-state index contributed by atoms with van der Waals surface area (Å²) in [6.07, 6.45) is 1.49. The number of aromatic nitrogens is 1. The Bertz CT molecular complexity index is 485. The van der Waals surface area contributed by atoms with Gasteiger partial charge in [-0.1, -0.05) is 11.6 Å². The standard InChI is InChI=1S/C12H14ClN3O2/c1-12(2)17-7-9(18-12)6-16-11-10(13)8(5-14)3-4-15-11/h3-4,9H,6-7H2,1-2H3,(H,15,16). The second-order valence-electron chi connectivity index (χ2n) is 4.46. The van der Waals surface area contributed by atoms with Gasteiger partial charge in [0.05, 0.1) is 12.2 Å². The molecule has 0 aliphatic carbocycles. The van der Waals surface area contributed by atoms with E-state index in [9.17, 15) is 0 Å². The highest BCUT2D eigenvalue weighted by Crippen LogP contribution is 2.25. The van der Waals surface area contributed by atoms with Crippen molar-refractivity contribution in [3.63, 3.8) is 0 Å². The van der Waals surface area contributed by atoms with Crippen LogP contribution in [0.15, 0.2) is 12.3 Å². The fourth-order valence-electron chi connectivity index (χ4n) is 1.73. The molecule has 0 saturated carbocycles. The Labute approximate surface area is 111 Å². The summed E-state index contributed by atoms with van der Waals surface area (Å²) in [5, 5.41) is 12.3. The number of pyridine rings is 1. The van der Waals surface area contributed by atoms with Crippen molar-refractivity contribution in [2.45, 2.75) is 25.7 Å². The average molecular weight is 268 g/mol. The van der Waals surface area contributed by atoms with E-state index in [0.717, 1.165) is 0 Å². The lowest BCUT2D eigenvalue weighted by atomic mass is 10.3. The summed E-state index contributed by atoms with van der Waals surface area (Å²) in [7, 11) is 0. The summed E-state index contributed by atoms with van der Waals surface area (Å²) in [4.78, 5) is 4.09. The van der Waals surface area contributed by atoms with Gasteiger partial charge < -0.3 is 14.8 Å². The third-order valence-corrected chi connectivity index (χ3v) is 2.96. The summed E-state index contributed by atoms with van der Waals surface area (Å²) in [5.41, 5.74) is 0.401. The molecule has 0 spiro atoms. The molecule has 1 fully saturated rings. The number of halogens is 1. The smallest absolute Gasteiger partial charge is 0.163 e.